The molecule has 0 radical (unpaired) electrons. The highest BCUT2D eigenvalue weighted by molar-refractivity contribution is 5.64. The van der Waals surface area contributed by atoms with Crippen LogP contribution in [0.5, 0.6) is 0 Å². The first-order chi connectivity index (χ1) is 4.57. The van der Waals surface area contributed by atoms with Gasteiger partial charge in [-0.15, -0.1) is 0 Å². The quantitative estimate of drug-likeness (QED) is 0.562. The number of ether oxygens (including phenoxy) is 1. The molecule has 0 saturated carbocycles. The van der Waals surface area contributed by atoms with Gasteiger partial charge in [-0.25, -0.2) is 4.79 Å². The average molecular weight is 146 g/mol. The van der Waals surface area contributed by atoms with Gasteiger partial charge in [0.05, 0.1) is 0 Å². The molecule has 0 fully saturated rings. The van der Waals surface area contributed by atoms with Gasteiger partial charge in [-0.1, -0.05) is 13.8 Å². The topological polar surface area (TPSA) is 64.3 Å². The molecule has 1 amide bonds. The normalized spacial score (nSPS) is 13.2. The van der Waals surface area contributed by atoms with E-state index in [0.29, 0.717) is 0 Å². The first-order valence-electron chi connectivity index (χ1n) is 3.21. The summed E-state index contributed by atoms with van der Waals surface area (Å²) in [5.41, 5.74) is 4.81. The molecule has 1 unspecified atom stereocenters. The molecule has 0 aromatic rings. The van der Waals surface area contributed by atoms with Gasteiger partial charge in [0.2, 0.25) is 0 Å². The number of rotatable bonds is 3. The van der Waals surface area contributed by atoms with Crippen LogP contribution in [0, 0.1) is 5.92 Å². The maximum absolute atomic E-state index is 10.2. The minimum atomic E-state index is -0.743. The number of nitrogens with one attached hydrogen (secondary N) is 1. The zero-order valence-electron chi connectivity index (χ0n) is 6.55. The third kappa shape index (κ3) is 3.29. The van der Waals surface area contributed by atoms with Crippen molar-refractivity contribution >= 4 is 6.09 Å². The zero-order chi connectivity index (χ0) is 8.15. The summed E-state index contributed by atoms with van der Waals surface area (Å²) < 4.78 is 4.69. The molecule has 0 rings (SSSR count). The molecule has 0 aliphatic carbocycles. The Morgan fingerprint density at radius 1 is 1.60 bits per heavy atom. The minimum absolute atomic E-state index is 0.234. The Bertz CT molecular complexity index is 114. The molecule has 3 N–H and O–H groups in total. The monoisotopic (exact) mass is 146 g/mol. The molecule has 4 nitrogen and oxygen atoms in total. The van der Waals surface area contributed by atoms with Crippen molar-refractivity contribution in [3.05, 3.63) is 0 Å². The summed E-state index contributed by atoms with van der Waals surface area (Å²) in [6, 6.07) is 0. The summed E-state index contributed by atoms with van der Waals surface area (Å²) >= 11 is 0. The lowest BCUT2D eigenvalue weighted by molar-refractivity contribution is 0.0614. The average Bonchev–Trinajstić information content (AvgIpc) is 1.81. The summed E-state index contributed by atoms with van der Waals surface area (Å²) in [4.78, 5) is 10.2. The molecule has 0 aliphatic rings. The standard InChI is InChI=1S/C6H14N2O2/c1-4(2)5(8-3)10-6(7)9/h4-5,8H,1-3H3,(H2,7,9). The summed E-state index contributed by atoms with van der Waals surface area (Å²) in [7, 11) is 1.72. The van der Waals surface area contributed by atoms with Crippen LogP contribution in [0.4, 0.5) is 4.79 Å². The van der Waals surface area contributed by atoms with Gasteiger partial charge in [0.25, 0.3) is 0 Å². The van der Waals surface area contributed by atoms with E-state index in [1.807, 2.05) is 13.8 Å². The molecule has 0 aromatic carbocycles. The lowest BCUT2D eigenvalue weighted by atomic mass is 10.2. The van der Waals surface area contributed by atoms with Crippen LogP contribution in [0.1, 0.15) is 13.8 Å². The van der Waals surface area contributed by atoms with Gasteiger partial charge in [-0.2, -0.15) is 0 Å². The van der Waals surface area contributed by atoms with Crippen molar-refractivity contribution in [1.29, 1.82) is 0 Å². The first-order valence-corrected chi connectivity index (χ1v) is 3.21. The van der Waals surface area contributed by atoms with Crippen LogP contribution in [0.3, 0.4) is 0 Å². The second-order valence-electron chi connectivity index (χ2n) is 2.39. The maximum atomic E-state index is 10.2. The van der Waals surface area contributed by atoms with Crippen molar-refractivity contribution < 1.29 is 9.53 Å². The van der Waals surface area contributed by atoms with Gasteiger partial charge in [0.1, 0.15) is 0 Å². The fraction of sp³-hybridized carbons (Fsp3) is 0.833. The predicted molar refractivity (Wildman–Crippen MR) is 38.4 cm³/mol. The number of hydrogen-bond acceptors (Lipinski definition) is 3. The molecular weight excluding hydrogens is 132 g/mol. The van der Waals surface area contributed by atoms with E-state index in [9.17, 15) is 4.79 Å². The van der Waals surface area contributed by atoms with Crippen LogP contribution in [-0.4, -0.2) is 19.4 Å². The number of hydrogen-bond donors (Lipinski definition) is 2. The fourth-order valence-electron chi connectivity index (χ4n) is 0.653. The van der Waals surface area contributed by atoms with E-state index in [1.54, 1.807) is 7.05 Å². The van der Waals surface area contributed by atoms with Gasteiger partial charge in [0, 0.05) is 5.92 Å². The van der Waals surface area contributed by atoms with E-state index < -0.39 is 6.09 Å². The van der Waals surface area contributed by atoms with Crippen molar-refractivity contribution in [3.8, 4) is 0 Å². The van der Waals surface area contributed by atoms with Crippen LogP contribution in [0.15, 0.2) is 0 Å². The molecule has 0 heterocycles. The van der Waals surface area contributed by atoms with Crippen molar-refractivity contribution in [2.45, 2.75) is 20.1 Å². The second-order valence-corrected chi connectivity index (χ2v) is 2.39. The predicted octanol–water partition coefficient (Wildman–Crippen LogP) is 0.283. The molecule has 0 spiro atoms. The van der Waals surface area contributed by atoms with E-state index in [2.05, 4.69) is 10.1 Å². The minimum Gasteiger partial charge on any atom is -0.430 e. The van der Waals surface area contributed by atoms with Crippen LogP contribution in [-0.2, 0) is 4.74 Å². The Labute approximate surface area is 60.7 Å². The van der Waals surface area contributed by atoms with Gasteiger partial charge < -0.3 is 10.5 Å². The number of primary amides is 1. The highest BCUT2D eigenvalue weighted by Gasteiger charge is 2.12. The van der Waals surface area contributed by atoms with Crippen LogP contribution >= 0.6 is 0 Å². The Morgan fingerprint density at radius 2 is 2.10 bits per heavy atom. The van der Waals surface area contributed by atoms with Crippen molar-refractivity contribution in [2.24, 2.45) is 11.7 Å². The number of amides is 1. The van der Waals surface area contributed by atoms with Gasteiger partial charge in [0.15, 0.2) is 6.23 Å². The molecule has 10 heavy (non-hydrogen) atoms. The molecule has 0 saturated heterocycles. The Morgan fingerprint density at radius 3 is 2.20 bits per heavy atom. The molecule has 60 valence electrons. The second kappa shape index (κ2) is 4.11. The highest BCUT2D eigenvalue weighted by Crippen LogP contribution is 2.01. The number of nitrogens with two attached hydrogens (primary N) is 1. The largest absolute Gasteiger partial charge is 0.430 e. The molecule has 0 aliphatic heterocycles. The fourth-order valence-corrected chi connectivity index (χ4v) is 0.653. The molecule has 4 heteroatoms. The van der Waals surface area contributed by atoms with E-state index in [1.165, 1.54) is 0 Å². The van der Waals surface area contributed by atoms with Crippen molar-refractivity contribution in [2.75, 3.05) is 7.05 Å². The summed E-state index contributed by atoms with van der Waals surface area (Å²) in [6.07, 6.45) is -1.02. The maximum Gasteiger partial charge on any atom is 0.406 e. The van der Waals surface area contributed by atoms with Crippen LogP contribution in [0.25, 0.3) is 0 Å². The third-order valence-corrected chi connectivity index (χ3v) is 1.13. The van der Waals surface area contributed by atoms with E-state index >= 15 is 0 Å². The SMILES string of the molecule is CNC(OC(N)=O)C(C)C. The van der Waals surface area contributed by atoms with Crippen LogP contribution < -0.4 is 11.1 Å². The number of carbonyl (C=O) groups is 1. The van der Waals surface area contributed by atoms with E-state index in [4.69, 9.17) is 5.73 Å². The Balaban J connectivity index is 3.71. The highest BCUT2D eigenvalue weighted by atomic mass is 16.6. The molecule has 1 atom stereocenters. The van der Waals surface area contributed by atoms with Gasteiger partial charge in [-0.05, 0) is 7.05 Å². The number of carbonyl (C=O) groups excluding carboxylic acids is 1. The van der Waals surface area contributed by atoms with Crippen molar-refractivity contribution in [1.82, 2.24) is 5.32 Å². The summed E-state index contributed by atoms with van der Waals surface area (Å²) in [5, 5.41) is 2.81. The van der Waals surface area contributed by atoms with Crippen molar-refractivity contribution in [3.63, 3.8) is 0 Å². The zero-order valence-corrected chi connectivity index (χ0v) is 6.55. The smallest absolute Gasteiger partial charge is 0.406 e. The lowest BCUT2D eigenvalue weighted by Gasteiger charge is -2.18. The van der Waals surface area contributed by atoms with Gasteiger partial charge in [-0.3, -0.25) is 5.32 Å². The van der Waals surface area contributed by atoms with Crippen LogP contribution in [0.2, 0.25) is 0 Å². The summed E-state index contributed by atoms with van der Waals surface area (Å²) in [6.45, 7) is 3.87. The first kappa shape index (κ1) is 9.23. The van der Waals surface area contributed by atoms with E-state index in [0.717, 1.165) is 0 Å². The Hall–Kier alpha value is -0.770. The third-order valence-electron chi connectivity index (χ3n) is 1.13. The Kier molecular flexibility index (Phi) is 3.79. The molecular formula is C6H14N2O2. The molecule has 0 bridgehead atoms. The lowest BCUT2D eigenvalue weighted by Crippen LogP contribution is -2.37. The summed E-state index contributed by atoms with van der Waals surface area (Å²) in [5.74, 6) is 0.234. The van der Waals surface area contributed by atoms with E-state index in [-0.39, 0.29) is 12.1 Å². The molecule has 0 aromatic heterocycles. The van der Waals surface area contributed by atoms with Gasteiger partial charge >= 0.3 is 6.09 Å².